The molecule has 0 bridgehead atoms. The number of esters is 1. The number of amides is 1. The third kappa shape index (κ3) is 51.3. The predicted molar refractivity (Wildman–Crippen MR) is 352 cm³/mol. The fourth-order valence-electron chi connectivity index (χ4n) is 12.1. The Balaban J connectivity index is 1.96. The lowest BCUT2D eigenvalue weighted by atomic mass is 9.99. The second-order valence-electron chi connectivity index (χ2n) is 26.0. The number of hydrogen-bond acceptors (Lipinski definition) is 10. The van der Waals surface area contributed by atoms with Crippen LogP contribution in [0.4, 0.5) is 0 Å². The first-order valence-corrected chi connectivity index (χ1v) is 37.0. The van der Waals surface area contributed by atoms with Gasteiger partial charge in [0, 0.05) is 12.8 Å². The second-order valence-corrected chi connectivity index (χ2v) is 26.0. The number of aliphatic hydroxyl groups is 5. The summed E-state index contributed by atoms with van der Waals surface area (Å²) in [5.41, 5.74) is 0. The smallest absolute Gasteiger partial charge is 0.305 e. The van der Waals surface area contributed by atoms with Crippen LogP contribution in [0.1, 0.15) is 380 Å². The topological polar surface area (TPSA) is 175 Å². The first-order chi connectivity index (χ1) is 41.2. The monoisotopic (exact) mass is 1190 g/mol. The zero-order chi connectivity index (χ0) is 60.9. The lowest BCUT2D eigenvalue weighted by Crippen LogP contribution is -2.60. The van der Waals surface area contributed by atoms with Crippen molar-refractivity contribution in [3.05, 3.63) is 12.2 Å². The molecule has 0 aliphatic carbocycles. The van der Waals surface area contributed by atoms with Crippen LogP contribution in [0, 0.1) is 0 Å². The van der Waals surface area contributed by atoms with Gasteiger partial charge in [-0.3, -0.25) is 9.59 Å². The Morgan fingerprint density at radius 2 is 0.750 bits per heavy atom. The van der Waals surface area contributed by atoms with Gasteiger partial charge in [-0.05, 0) is 32.1 Å². The molecule has 84 heavy (non-hydrogen) atoms. The van der Waals surface area contributed by atoms with E-state index in [2.05, 4.69) is 19.2 Å². The second kappa shape index (κ2) is 63.0. The summed E-state index contributed by atoms with van der Waals surface area (Å²) in [7, 11) is 0. The molecule has 1 fully saturated rings. The van der Waals surface area contributed by atoms with Crippen LogP contribution < -0.4 is 5.32 Å². The molecule has 1 aliphatic heterocycles. The zero-order valence-corrected chi connectivity index (χ0v) is 55.4. The average Bonchev–Trinajstić information content (AvgIpc) is 3.66. The third-order valence-electron chi connectivity index (χ3n) is 17.9. The van der Waals surface area contributed by atoms with Gasteiger partial charge in [-0.15, -0.1) is 0 Å². The van der Waals surface area contributed by atoms with Crippen LogP contribution in [-0.4, -0.2) is 100 Å². The van der Waals surface area contributed by atoms with E-state index in [-0.39, 0.29) is 18.5 Å². The molecule has 11 nitrogen and oxygen atoms in total. The van der Waals surface area contributed by atoms with Crippen LogP contribution in [0.15, 0.2) is 12.2 Å². The Morgan fingerprint density at radius 3 is 1.11 bits per heavy atom. The Morgan fingerprint density at radius 1 is 0.429 bits per heavy atom. The fourth-order valence-corrected chi connectivity index (χ4v) is 12.1. The van der Waals surface area contributed by atoms with E-state index in [1.807, 2.05) is 6.08 Å². The lowest BCUT2D eigenvalue weighted by Gasteiger charge is -2.40. The first kappa shape index (κ1) is 80.4. The highest BCUT2D eigenvalue weighted by atomic mass is 16.7. The van der Waals surface area contributed by atoms with Crippen LogP contribution in [0.2, 0.25) is 0 Å². The Kier molecular flexibility index (Phi) is 60.3. The SMILES string of the molecule is CCCCCCCCCCCCCCC/C=C/C(O)C(COC1OC(CO)C(O)C(O)C1O)NC(=O)CCCCCCCCCCCCCCCCCCCCCCCCCCCCCCCCOC(=O)CCCCCCCCCCCCC. The molecule has 1 rings (SSSR count). The summed E-state index contributed by atoms with van der Waals surface area (Å²) in [6.45, 7) is 4.40. The van der Waals surface area contributed by atoms with Crippen molar-refractivity contribution >= 4 is 11.9 Å². The van der Waals surface area contributed by atoms with Crippen LogP contribution >= 0.6 is 0 Å². The molecule has 0 aromatic rings. The standard InChI is InChI=1S/C73H141NO10/c1-3-5-7-9-11-13-15-16-33-36-40-43-47-51-55-59-66(76)65(64-83-73-72(81)71(80)70(79)67(63-75)84-73)74-68(77)60-56-52-48-44-41-37-34-31-29-27-25-23-21-19-17-18-20-22-24-26-28-30-32-35-38-42-46-50-54-58-62-82-69(78)61-57-53-49-45-39-14-12-10-8-6-4-2/h55,59,65-67,70-73,75-76,79-81H,3-54,56-58,60-64H2,1-2H3,(H,74,77)/b59-55+. The van der Waals surface area contributed by atoms with Crippen molar-refractivity contribution < 1.29 is 49.3 Å². The molecule has 0 radical (unpaired) electrons. The third-order valence-corrected chi connectivity index (χ3v) is 17.9. The van der Waals surface area contributed by atoms with Crippen molar-refractivity contribution in [1.82, 2.24) is 5.32 Å². The number of rotatable bonds is 66. The predicted octanol–water partition coefficient (Wildman–Crippen LogP) is 19.0. The van der Waals surface area contributed by atoms with Gasteiger partial charge in [0.25, 0.3) is 0 Å². The van der Waals surface area contributed by atoms with Crippen molar-refractivity contribution in [3.8, 4) is 0 Å². The lowest BCUT2D eigenvalue weighted by molar-refractivity contribution is -0.302. The van der Waals surface area contributed by atoms with Gasteiger partial charge in [0.05, 0.1) is 32.0 Å². The van der Waals surface area contributed by atoms with Crippen LogP contribution in [0.5, 0.6) is 0 Å². The molecule has 1 amide bonds. The highest BCUT2D eigenvalue weighted by molar-refractivity contribution is 5.76. The van der Waals surface area contributed by atoms with Gasteiger partial charge >= 0.3 is 5.97 Å². The van der Waals surface area contributed by atoms with Gasteiger partial charge in [0.1, 0.15) is 24.4 Å². The molecule has 11 heteroatoms. The van der Waals surface area contributed by atoms with Gasteiger partial charge in [-0.2, -0.15) is 0 Å². The Hall–Kier alpha value is -1.60. The summed E-state index contributed by atoms with van der Waals surface area (Å²) >= 11 is 0. The summed E-state index contributed by atoms with van der Waals surface area (Å²) in [6.07, 6.45) is 67.7. The molecule has 498 valence electrons. The normalized spacial score (nSPS) is 18.0. The number of allylic oxidation sites excluding steroid dienone is 1. The minimum absolute atomic E-state index is 0.0124. The van der Waals surface area contributed by atoms with E-state index in [9.17, 15) is 35.1 Å². The maximum atomic E-state index is 13.1. The Labute approximate surface area is 519 Å². The molecule has 7 atom stereocenters. The number of carbonyl (C=O) groups is 2. The van der Waals surface area contributed by atoms with E-state index < -0.39 is 49.5 Å². The van der Waals surface area contributed by atoms with Crippen LogP contribution in [0.25, 0.3) is 0 Å². The van der Waals surface area contributed by atoms with Crippen molar-refractivity contribution in [1.29, 1.82) is 0 Å². The van der Waals surface area contributed by atoms with Crippen molar-refractivity contribution in [2.24, 2.45) is 0 Å². The molecule has 0 saturated carbocycles. The van der Waals surface area contributed by atoms with Crippen molar-refractivity contribution in [2.75, 3.05) is 19.8 Å². The number of nitrogens with one attached hydrogen (secondary N) is 1. The molecule has 1 aliphatic rings. The number of aliphatic hydroxyl groups excluding tert-OH is 5. The van der Waals surface area contributed by atoms with Crippen LogP contribution in [0.3, 0.4) is 0 Å². The van der Waals surface area contributed by atoms with Gasteiger partial charge in [-0.1, -0.05) is 347 Å². The molecule has 0 spiro atoms. The zero-order valence-electron chi connectivity index (χ0n) is 55.4. The molecule has 1 saturated heterocycles. The van der Waals surface area contributed by atoms with Gasteiger partial charge < -0.3 is 45.1 Å². The maximum Gasteiger partial charge on any atom is 0.305 e. The molecule has 6 N–H and O–H groups in total. The summed E-state index contributed by atoms with van der Waals surface area (Å²) in [4.78, 5) is 25.1. The minimum atomic E-state index is -1.57. The van der Waals surface area contributed by atoms with E-state index in [4.69, 9.17) is 14.2 Å². The van der Waals surface area contributed by atoms with Gasteiger partial charge in [0.2, 0.25) is 5.91 Å². The number of hydrogen-bond donors (Lipinski definition) is 6. The fraction of sp³-hybridized carbons (Fsp3) is 0.945. The maximum absolute atomic E-state index is 13.1. The van der Waals surface area contributed by atoms with Gasteiger partial charge in [-0.25, -0.2) is 0 Å². The molecule has 1 heterocycles. The molecule has 7 unspecified atom stereocenters. The number of ether oxygens (including phenoxy) is 3. The summed E-state index contributed by atoms with van der Waals surface area (Å²) in [5, 5.41) is 54.6. The summed E-state index contributed by atoms with van der Waals surface area (Å²) in [6, 6.07) is -0.806. The van der Waals surface area contributed by atoms with Crippen molar-refractivity contribution in [2.45, 2.75) is 423 Å². The summed E-state index contributed by atoms with van der Waals surface area (Å²) < 4.78 is 16.8. The molecular formula is C73H141NO10. The van der Waals surface area contributed by atoms with E-state index in [0.717, 1.165) is 51.4 Å². The van der Waals surface area contributed by atoms with Crippen LogP contribution in [-0.2, 0) is 23.8 Å². The van der Waals surface area contributed by atoms with Crippen molar-refractivity contribution in [3.63, 3.8) is 0 Å². The summed E-state index contributed by atoms with van der Waals surface area (Å²) in [5.74, 6) is -0.162. The quantitative estimate of drug-likeness (QED) is 0.0195. The number of unbranched alkanes of at least 4 members (excludes halogenated alkanes) is 52. The molecule has 0 aromatic carbocycles. The highest BCUT2D eigenvalue weighted by Gasteiger charge is 2.44. The molecule has 0 aromatic heterocycles. The van der Waals surface area contributed by atoms with Gasteiger partial charge in [0.15, 0.2) is 6.29 Å². The van der Waals surface area contributed by atoms with E-state index in [1.54, 1.807) is 6.08 Å². The largest absolute Gasteiger partial charge is 0.466 e. The van der Waals surface area contributed by atoms with E-state index in [0.29, 0.717) is 19.4 Å². The number of carbonyl (C=O) groups excluding carboxylic acids is 2. The minimum Gasteiger partial charge on any atom is -0.466 e. The first-order valence-electron chi connectivity index (χ1n) is 37.0. The Bertz CT molecular complexity index is 1400. The molecular weight excluding hydrogens is 1050 g/mol. The van der Waals surface area contributed by atoms with E-state index >= 15 is 0 Å². The van der Waals surface area contributed by atoms with E-state index in [1.165, 1.54) is 302 Å². The highest BCUT2D eigenvalue weighted by Crippen LogP contribution is 2.24. The average molecular weight is 1190 g/mol.